The Bertz CT molecular complexity index is 897. The molecule has 0 radical (unpaired) electrons. The summed E-state index contributed by atoms with van der Waals surface area (Å²) in [6.07, 6.45) is 4.01. The highest BCUT2D eigenvalue weighted by molar-refractivity contribution is 6.01. The van der Waals surface area contributed by atoms with Crippen molar-refractivity contribution in [2.75, 3.05) is 39.6 Å². The van der Waals surface area contributed by atoms with E-state index >= 15 is 0 Å². The van der Waals surface area contributed by atoms with Crippen molar-refractivity contribution in [2.45, 2.75) is 31.9 Å². The average molecular weight is 474 g/mol. The van der Waals surface area contributed by atoms with Crippen LogP contribution >= 0.6 is 0 Å². The molecule has 3 unspecified atom stereocenters. The minimum absolute atomic E-state index is 0.0246. The highest BCUT2D eigenvalue weighted by Crippen LogP contribution is 2.25. The minimum Gasteiger partial charge on any atom is -0.482 e. The first kappa shape index (κ1) is 25.6. The zero-order valence-corrected chi connectivity index (χ0v) is 19.3. The molecule has 0 aliphatic carbocycles. The van der Waals surface area contributed by atoms with E-state index in [1.807, 2.05) is 30.3 Å². The van der Waals surface area contributed by atoms with Crippen LogP contribution < -0.4 is 0 Å². The van der Waals surface area contributed by atoms with E-state index in [-0.39, 0.29) is 25.6 Å². The van der Waals surface area contributed by atoms with Gasteiger partial charge in [0.05, 0.1) is 45.0 Å². The molecule has 184 valence electrons. The van der Waals surface area contributed by atoms with Crippen molar-refractivity contribution in [3.63, 3.8) is 0 Å². The number of imide groups is 1. The Hall–Kier alpha value is -3.01. The zero-order valence-electron chi connectivity index (χ0n) is 19.3. The summed E-state index contributed by atoms with van der Waals surface area (Å²) in [5, 5.41) is 8.65. The molecule has 3 rings (SSSR count). The molecule has 0 bridgehead atoms. The maximum Gasteiger partial charge on any atom is 0.416 e. The molecule has 34 heavy (non-hydrogen) atoms. The molecule has 0 spiro atoms. The fraction of sp³-hybridized carbons (Fsp3) is 0.480. The first-order chi connectivity index (χ1) is 16.5. The zero-order chi connectivity index (χ0) is 24.3. The standard InChI is InChI=1S/C25H31NO8/c1-18(24(29)26-20(17-33-25(26)30)16-19-6-3-2-4-7-19)23-22(28)10-9-21(34-23)8-5-12-31-14-15-32-13-11-27/h2-4,6-10,18,20,23,27H,5,11-17H2,1H3. The van der Waals surface area contributed by atoms with E-state index < -0.39 is 30.1 Å². The van der Waals surface area contributed by atoms with Crippen LogP contribution in [0.3, 0.4) is 0 Å². The quantitative estimate of drug-likeness (QED) is 0.459. The molecule has 1 N–H and O–H groups in total. The lowest BCUT2D eigenvalue weighted by Crippen LogP contribution is -2.48. The minimum atomic E-state index is -1.03. The van der Waals surface area contributed by atoms with E-state index in [9.17, 15) is 14.4 Å². The molecule has 0 saturated carbocycles. The number of aliphatic hydroxyl groups is 1. The molecule has 2 amide bonds. The normalized spacial score (nSPS) is 22.1. The number of nitrogens with zero attached hydrogens (tertiary/aromatic N) is 1. The number of carbonyl (C=O) groups excluding carboxylic acids is 3. The van der Waals surface area contributed by atoms with Gasteiger partial charge in [0.1, 0.15) is 12.4 Å². The average Bonchev–Trinajstić information content (AvgIpc) is 3.21. The number of ether oxygens (including phenoxy) is 4. The van der Waals surface area contributed by atoms with Gasteiger partial charge < -0.3 is 24.1 Å². The van der Waals surface area contributed by atoms with E-state index in [1.54, 1.807) is 19.1 Å². The maximum absolute atomic E-state index is 13.2. The van der Waals surface area contributed by atoms with Crippen LogP contribution in [-0.2, 0) is 35.0 Å². The maximum atomic E-state index is 13.2. The van der Waals surface area contributed by atoms with Crippen LogP contribution in [0.2, 0.25) is 0 Å². The van der Waals surface area contributed by atoms with Crippen LogP contribution in [0.25, 0.3) is 0 Å². The van der Waals surface area contributed by atoms with Gasteiger partial charge in [-0.1, -0.05) is 30.3 Å². The van der Waals surface area contributed by atoms with Gasteiger partial charge in [-0.15, -0.1) is 0 Å². The summed E-state index contributed by atoms with van der Waals surface area (Å²) in [4.78, 5) is 39.1. The van der Waals surface area contributed by atoms with Crippen LogP contribution in [0.5, 0.6) is 0 Å². The Morgan fingerprint density at radius 3 is 2.62 bits per heavy atom. The fourth-order valence-electron chi connectivity index (χ4n) is 3.75. The molecule has 0 aromatic heterocycles. The number of amides is 2. The Morgan fingerprint density at radius 1 is 1.15 bits per heavy atom. The van der Waals surface area contributed by atoms with Crippen molar-refractivity contribution in [2.24, 2.45) is 5.92 Å². The van der Waals surface area contributed by atoms with Crippen molar-refractivity contribution < 1.29 is 38.4 Å². The van der Waals surface area contributed by atoms with E-state index in [0.717, 1.165) is 10.5 Å². The molecule has 3 atom stereocenters. The first-order valence-corrected chi connectivity index (χ1v) is 11.4. The fourth-order valence-corrected chi connectivity index (χ4v) is 3.75. The SMILES string of the molecule is CC(C(=O)N1C(=O)OCC1Cc1ccccc1)C1OC(=CCCOCCOCCO)C=CC1=O. The van der Waals surface area contributed by atoms with Gasteiger partial charge in [0, 0.05) is 0 Å². The van der Waals surface area contributed by atoms with Crippen LogP contribution in [0, 0.1) is 5.92 Å². The molecule has 1 aromatic carbocycles. The second kappa shape index (κ2) is 13.0. The lowest BCUT2D eigenvalue weighted by atomic mass is 9.96. The largest absolute Gasteiger partial charge is 0.482 e. The van der Waals surface area contributed by atoms with Gasteiger partial charge in [0.25, 0.3) is 0 Å². The van der Waals surface area contributed by atoms with Crippen molar-refractivity contribution in [1.29, 1.82) is 0 Å². The molecular formula is C25H31NO8. The summed E-state index contributed by atoms with van der Waals surface area (Å²) in [5.74, 6) is -1.23. The smallest absolute Gasteiger partial charge is 0.416 e. The number of hydrogen-bond donors (Lipinski definition) is 1. The molecule has 2 heterocycles. The summed E-state index contributed by atoms with van der Waals surface area (Å²) >= 11 is 0. The number of carbonyl (C=O) groups is 3. The van der Waals surface area contributed by atoms with Gasteiger partial charge in [-0.3, -0.25) is 9.59 Å². The molecule has 9 nitrogen and oxygen atoms in total. The number of ketones is 1. The van der Waals surface area contributed by atoms with E-state index in [4.69, 9.17) is 24.1 Å². The molecule has 2 aliphatic rings. The Labute approximate surface area is 198 Å². The van der Waals surface area contributed by atoms with Gasteiger partial charge in [-0.25, -0.2) is 9.69 Å². The summed E-state index contributed by atoms with van der Waals surface area (Å²) in [6.45, 7) is 3.18. The van der Waals surface area contributed by atoms with Gasteiger partial charge in [-0.05, 0) is 43.6 Å². The number of cyclic esters (lactones) is 1. The second-order valence-corrected chi connectivity index (χ2v) is 8.04. The Morgan fingerprint density at radius 2 is 1.88 bits per heavy atom. The number of hydrogen-bond acceptors (Lipinski definition) is 8. The molecule has 1 aromatic rings. The third-order valence-electron chi connectivity index (χ3n) is 5.53. The van der Waals surface area contributed by atoms with Crippen LogP contribution in [0.1, 0.15) is 18.9 Å². The topological polar surface area (TPSA) is 112 Å². The number of rotatable bonds is 12. The number of allylic oxidation sites excluding steroid dienone is 1. The van der Waals surface area contributed by atoms with E-state index in [2.05, 4.69) is 0 Å². The summed E-state index contributed by atoms with van der Waals surface area (Å²) in [5.41, 5.74) is 0.983. The molecular weight excluding hydrogens is 442 g/mol. The van der Waals surface area contributed by atoms with Crippen LogP contribution in [-0.4, -0.2) is 79.6 Å². The summed E-state index contributed by atoms with van der Waals surface area (Å²) in [7, 11) is 0. The van der Waals surface area contributed by atoms with Crippen LogP contribution in [0.4, 0.5) is 4.79 Å². The van der Waals surface area contributed by atoms with E-state index in [1.165, 1.54) is 6.08 Å². The molecule has 1 fully saturated rings. The van der Waals surface area contributed by atoms with Gasteiger partial charge >= 0.3 is 6.09 Å². The van der Waals surface area contributed by atoms with Crippen molar-refractivity contribution >= 4 is 17.8 Å². The van der Waals surface area contributed by atoms with Crippen LogP contribution in [0.15, 0.2) is 54.3 Å². The van der Waals surface area contributed by atoms with Crippen molar-refractivity contribution in [1.82, 2.24) is 4.90 Å². The van der Waals surface area contributed by atoms with Gasteiger partial charge in [-0.2, -0.15) is 0 Å². The Kier molecular flexibility index (Phi) is 9.81. The van der Waals surface area contributed by atoms with Crippen molar-refractivity contribution in [3.8, 4) is 0 Å². The third kappa shape index (κ3) is 6.99. The lowest BCUT2D eigenvalue weighted by molar-refractivity contribution is -0.142. The molecule has 2 aliphatic heterocycles. The van der Waals surface area contributed by atoms with Crippen molar-refractivity contribution in [3.05, 3.63) is 59.9 Å². The summed E-state index contributed by atoms with van der Waals surface area (Å²) in [6, 6.07) is 9.11. The molecule has 9 heteroatoms. The van der Waals surface area contributed by atoms with Gasteiger partial charge in [0.15, 0.2) is 11.9 Å². The monoisotopic (exact) mass is 473 g/mol. The first-order valence-electron chi connectivity index (χ1n) is 11.4. The van der Waals surface area contributed by atoms with E-state index in [0.29, 0.717) is 38.4 Å². The number of benzene rings is 1. The summed E-state index contributed by atoms with van der Waals surface area (Å²) < 4.78 is 21.5. The predicted molar refractivity (Wildman–Crippen MR) is 122 cm³/mol. The predicted octanol–water partition coefficient (Wildman–Crippen LogP) is 2.04. The number of aliphatic hydroxyl groups excluding tert-OH is 1. The lowest BCUT2D eigenvalue weighted by Gasteiger charge is -2.29. The second-order valence-electron chi connectivity index (χ2n) is 8.04. The Balaban J connectivity index is 1.55. The highest BCUT2D eigenvalue weighted by Gasteiger charge is 2.43. The third-order valence-corrected chi connectivity index (χ3v) is 5.53. The molecule has 1 saturated heterocycles. The highest BCUT2D eigenvalue weighted by atomic mass is 16.6. The van der Waals surface area contributed by atoms with Gasteiger partial charge in [0.2, 0.25) is 5.91 Å².